The zero-order valence-electron chi connectivity index (χ0n) is 8.71. The van der Waals surface area contributed by atoms with E-state index in [1.165, 1.54) is 0 Å². The number of hydrogen-bond donors (Lipinski definition) is 0. The molecule has 4 heteroatoms. The van der Waals surface area contributed by atoms with Crippen LogP contribution in [0.1, 0.15) is 25.4 Å². The molecule has 0 aliphatic rings. The van der Waals surface area contributed by atoms with Gasteiger partial charge in [0.2, 0.25) is 0 Å². The fourth-order valence-corrected chi connectivity index (χ4v) is 1.97. The Balaban J connectivity index is 2.99. The summed E-state index contributed by atoms with van der Waals surface area (Å²) in [7, 11) is 1.96. The van der Waals surface area contributed by atoms with Crippen molar-refractivity contribution in [1.29, 1.82) is 5.26 Å². The van der Waals surface area contributed by atoms with Crippen molar-refractivity contribution in [1.82, 2.24) is 9.55 Å². The molecule has 1 rings (SSSR count). The lowest BCUT2D eigenvalue weighted by atomic mass is 10.1. The van der Waals surface area contributed by atoms with Gasteiger partial charge < -0.3 is 4.57 Å². The van der Waals surface area contributed by atoms with Gasteiger partial charge in [-0.3, -0.25) is 0 Å². The summed E-state index contributed by atoms with van der Waals surface area (Å²) >= 11 is 3.38. The number of imidazole rings is 1. The second-order valence-corrected chi connectivity index (χ2v) is 4.51. The maximum absolute atomic E-state index is 8.65. The smallest absolute Gasteiger partial charge is 0.128 e. The van der Waals surface area contributed by atoms with Crippen LogP contribution in [0.2, 0.25) is 0 Å². The number of nitrogens with zero attached hydrogens (tertiary/aromatic N) is 3. The van der Waals surface area contributed by atoms with Crippen LogP contribution in [0, 0.1) is 17.2 Å². The average molecular weight is 256 g/mol. The van der Waals surface area contributed by atoms with Crippen molar-refractivity contribution in [3.05, 3.63) is 16.1 Å². The lowest BCUT2D eigenvalue weighted by Gasteiger charge is -2.05. The summed E-state index contributed by atoms with van der Waals surface area (Å²) in [5.74, 6) is 1.62. The number of aromatic nitrogens is 2. The van der Waals surface area contributed by atoms with Crippen molar-refractivity contribution < 1.29 is 0 Å². The first-order chi connectivity index (χ1) is 6.56. The van der Waals surface area contributed by atoms with Crippen molar-refractivity contribution in [2.24, 2.45) is 13.0 Å². The summed E-state index contributed by atoms with van der Waals surface area (Å²) in [6, 6.07) is 2.14. The van der Waals surface area contributed by atoms with Gasteiger partial charge in [-0.05, 0) is 21.8 Å². The number of halogens is 1. The molecule has 0 N–H and O–H groups in total. The predicted molar refractivity (Wildman–Crippen MR) is 58.8 cm³/mol. The summed E-state index contributed by atoms with van der Waals surface area (Å²) in [6.45, 7) is 4.32. The zero-order chi connectivity index (χ0) is 10.7. The summed E-state index contributed by atoms with van der Waals surface area (Å²) in [6.07, 6.45) is 1.35. The summed E-state index contributed by atoms with van der Waals surface area (Å²) in [5.41, 5.74) is 0.961. The van der Waals surface area contributed by atoms with Crippen LogP contribution >= 0.6 is 15.9 Å². The van der Waals surface area contributed by atoms with Crippen LogP contribution in [-0.4, -0.2) is 9.55 Å². The third kappa shape index (κ3) is 2.36. The van der Waals surface area contributed by atoms with Gasteiger partial charge in [-0.2, -0.15) is 5.26 Å². The molecule has 3 nitrogen and oxygen atoms in total. The molecular weight excluding hydrogens is 242 g/mol. The molecule has 0 aliphatic carbocycles. The van der Waals surface area contributed by atoms with Gasteiger partial charge in [0.15, 0.2) is 0 Å². The van der Waals surface area contributed by atoms with Crippen LogP contribution in [0.3, 0.4) is 0 Å². The lowest BCUT2D eigenvalue weighted by Crippen LogP contribution is -2.05. The van der Waals surface area contributed by atoms with Crippen LogP contribution in [-0.2, 0) is 19.9 Å². The molecule has 0 saturated carbocycles. The van der Waals surface area contributed by atoms with Gasteiger partial charge in [-0.25, -0.2) is 4.98 Å². The third-order valence-electron chi connectivity index (χ3n) is 2.09. The van der Waals surface area contributed by atoms with E-state index in [-0.39, 0.29) is 0 Å². The molecule has 1 heterocycles. The van der Waals surface area contributed by atoms with Crippen LogP contribution in [0.15, 0.2) is 4.60 Å². The molecular formula is C10H14BrN3. The Labute approximate surface area is 92.9 Å². The highest BCUT2D eigenvalue weighted by Crippen LogP contribution is 2.19. The lowest BCUT2D eigenvalue weighted by molar-refractivity contribution is 0.598. The molecule has 0 unspecified atom stereocenters. The monoisotopic (exact) mass is 255 g/mol. The standard InChI is InChI=1S/C10H14BrN3/c1-7(2)6-9-13-10(11)8(4-5-12)14(9)3/h7H,4,6H2,1-3H3. The fraction of sp³-hybridized carbons (Fsp3) is 0.600. The van der Waals surface area contributed by atoms with Crippen LogP contribution < -0.4 is 0 Å². The SMILES string of the molecule is CC(C)Cc1nc(Br)c(CC#N)n1C. The van der Waals surface area contributed by atoms with Gasteiger partial charge in [0.1, 0.15) is 10.4 Å². The Bertz CT molecular complexity index is 360. The van der Waals surface area contributed by atoms with E-state index in [0.29, 0.717) is 12.3 Å². The molecule has 0 saturated heterocycles. The molecule has 0 radical (unpaired) electrons. The van der Waals surface area contributed by atoms with Crippen LogP contribution in [0.4, 0.5) is 0 Å². The molecule has 0 atom stereocenters. The average Bonchev–Trinajstić information content (AvgIpc) is 2.32. The molecule has 14 heavy (non-hydrogen) atoms. The Morgan fingerprint density at radius 2 is 2.21 bits per heavy atom. The maximum Gasteiger partial charge on any atom is 0.128 e. The number of hydrogen-bond acceptors (Lipinski definition) is 2. The van der Waals surface area contributed by atoms with E-state index in [0.717, 1.165) is 22.5 Å². The quantitative estimate of drug-likeness (QED) is 0.833. The molecule has 0 fully saturated rings. The first-order valence-corrected chi connectivity index (χ1v) is 5.42. The summed E-state index contributed by atoms with van der Waals surface area (Å²) in [5, 5.41) is 8.65. The van der Waals surface area contributed by atoms with E-state index in [2.05, 4.69) is 40.8 Å². The third-order valence-corrected chi connectivity index (χ3v) is 2.73. The van der Waals surface area contributed by atoms with Gasteiger partial charge in [0.05, 0.1) is 18.2 Å². The zero-order valence-corrected chi connectivity index (χ0v) is 10.3. The van der Waals surface area contributed by atoms with Crippen LogP contribution in [0.25, 0.3) is 0 Å². The van der Waals surface area contributed by atoms with E-state index in [4.69, 9.17) is 5.26 Å². The van der Waals surface area contributed by atoms with E-state index < -0.39 is 0 Å². The molecule has 1 aromatic heterocycles. The van der Waals surface area contributed by atoms with Crippen LogP contribution in [0.5, 0.6) is 0 Å². The van der Waals surface area contributed by atoms with Gasteiger partial charge in [0.25, 0.3) is 0 Å². The van der Waals surface area contributed by atoms with Gasteiger partial charge >= 0.3 is 0 Å². The Morgan fingerprint density at radius 1 is 1.57 bits per heavy atom. The van der Waals surface area contributed by atoms with Crippen molar-refractivity contribution in [2.75, 3.05) is 0 Å². The van der Waals surface area contributed by atoms with Gasteiger partial charge in [-0.1, -0.05) is 13.8 Å². The molecule has 0 amide bonds. The topological polar surface area (TPSA) is 41.6 Å². The van der Waals surface area contributed by atoms with Gasteiger partial charge in [0, 0.05) is 13.5 Å². The van der Waals surface area contributed by atoms with Gasteiger partial charge in [-0.15, -0.1) is 0 Å². The Kier molecular flexibility index (Phi) is 3.70. The van der Waals surface area contributed by atoms with Crippen molar-refractivity contribution >= 4 is 15.9 Å². The summed E-state index contributed by atoms with van der Waals surface area (Å²) in [4.78, 5) is 4.40. The van der Waals surface area contributed by atoms with E-state index in [1.54, 1.807) is 0 Å². The molecule has 0 bridgehead atoms. The Morgan fingerprint density at radius 3 is 2.71 bits per heavy atom. The molecule has 76 valence electrons. The minimum atomic E-state index is 0.405. The largest absolute Gasteiger partial charge is 0.333 e. The molecule has 0 spiro atoms. The normalized spacial score (nSPS) is 10.6. The van der Waals surface area contributed by atoms with E-state index in [9.17, 15) is 0 Å². The minimum absolute atomic E-state index is 0.405. The van der Waals surface area contributed by atoms with E-state index in [1.807, 2.05) is 11.6 Å². The minimum Gasteiger partial charge on any atom is -0.333 e. The molecule has 0 aliphatic heterocycles. The second kappa shape index (κ2) is 4.61. The van der Waals surface area contributed by atoms with Crippen molar-refractivity contribution in [3.8, 4) is 6.07 Å². The number of nitriles is 1. The maximum atomic E-state index is 8.65. The molecule has 0 aromatic carbocycles. The molecule has 1 aromatic rings. The van der Waals surface area contributed by atoms with Crippen molar-refractivity contribution in [2.45, 2.75) is 26.7 Å². The van der Waals surface area contributed by atoms with E-state index >= 15 is 0 Å². The first-order valence-electron chi connectivity index (χ1n) is 4.63. The number of rotatable bonds is 3. The highest BCUT2D eigenvalue weighted by Gasteiger charge is 2.12. The Hall–Kier alpha value is -0.820. The highest BCUT2D eigenvalue weighted by atomic mass is 79.9. The predicted octanol–water partition coefficient (Wildman–Crippen LogP) is 2.45. The summed E-state index contributed by atoms with van der Waals surface area (Å²) < 4.78 is 2.81. The second-order valence-electron chi connectivity index (χ2n) is 3.76. The highest BCUT2D eigenvalue weighted by molar-refractivity contribution is 9.10. The van der Waals surface area contributed by atoms with Crippen molar-refractivity contribution in [3.63, 3.8) is 0 Å². The first kappa shape index (κ1) is 11.3. The fourth-order valence-electron chi connectivity index (χ4n) is 1.36.